The lowest BCUT2D eigenvalue weighted by atomic mass is 10.0. The van der Waals surface area contributed by atoms with E-state index in [9.17, 15) is 0 Å². The zero-order valence-electron chi connectivity index (χ0n) is 11.4. The first-order valence-electron chi connectivity index (χ1n) is 7.01. The summed E-state index contributed by atoms with van der Waals surface area (Å²) < 4.78 is 2.35. The van der Waals surface area contributed by atoms with Crippen LogP contribution in [-0.4, -0.2) is 14.7 Å². The van der Waals surface area contributed by atoms with Crippen molar-refractivity contribution >= 4 is 0 Å². The highest BCUT2D eigenvalue weighted by Gasteiger charge is 2.17. The summed E-state index contributed by atoms with van der Waals surface area (Å²) in [6, 6.07) is 8.18. The molecule has 1 aromatic heterocycles. The second-order valence-corrected chi connectivity index (χ2v) is 5.32. The molecule has 0 fully saturated rings. The highest BCUT2D eigenvalue weighted by molar-refractivity contribution is 5.25. The predicted molar refractivity (Wildman–Crippen MR) is 75.1 cm³/mol. The molecule has 1 aliphatic carbocycles. The van der Waals surface area contributed by atoms with Crippen molar-refractivity contribution in [2.75, 3.05) is 0 Å². The lowest BCUT2D eigenvalue weighted by molar-refractivity contribution is 0.282. The number of imidazole rings is 1. The van der Waals surface area contributed by atoms with Gasteiger partial charge in [0.1, 0.15) is 5.82 Å². The van der Waals surface area contributed by atoms with Gasteiger partial charge >= 0.3 is 0 Å². The standard InChI is InChI=1S/C16H20N2O/c1-12-17-15-4-2-3-5-16(15)18(12)10-13-6-8-14(11-19)9-7-13/h6-9,19H,2-5,10-11H2,1H3. The monoisotopic (exact) mass is 256 g/mol. The Bertz CT molecular complexity index is 569. The van der Waals surface area contributed by atoms with Gasteiger partial charge in [-0.3, -0.25) is 0 Å². The molecule has 0 saturated carbocycles. The smallest absolute Gasteiger partial charge is 0.106 e. The van der Waals surface area contributed by atoms with Crippen LogP contribution < -0.4 is 0 Å². The van der Waals surface area contributed by atoms with Crippen LogP contribution >= 0.6 is 0 Å². The van der Waals surface area contributed by atoms with Crippen LogP contribution in [0.1, 0.15) is 41.2 Å². The Balaban J connectivity index is 1.88. The number of nitrogens with zero attached hydrogens (tertiary/aromatic N) is 2. The zero-order chi connectivity index (χ0) is 13.2. The molecule has 3 rings (SSSR count). The van der Waals surface area contributed by atoms with Gasteiger partial charge < -0.3 is 9.67 Å². The van der Waals surface area contributed by atoms with Crippen molar-refractivity contribution in [3.05, 3.63) is 52.6 Å². The van der Waals surface area contributed by atoms with Crippen molar-refractivity contribution < 1.29 is 5.11 Å². The molecule has 0 amide bonds. The van der Waals surface area contributed by atoms with Crippen molar-refractivity contribution in [2.24, 2.45) is 0 Å². The fourth-order valence-corrected chi connectivity index (χ4v) is 2.88. The maximum atomic E-state index is 9.07. The van der Waals surface area contributed by atoms with Gasteiger partial charge in [-0.2, -0.15) is 0 Å². The van der Waals surface area contributed by atoms with Gasteiger partial charge in [-0.25, -0.2) is 4.98 Å². The maximum Gasteiger partial charge on any atom is 0.106 e. The van der Waals surface area contributed by atoms with E-state index in [-0.39, 0.29) is 6.61 Å². The van der Waals surface area contributed by atoms with E-state index in [0.717, 1.165) is 30.8 Å². The summed E-state index contributed by atoms with van der Waals surface area (Å²) in [6.45, 7) is 3.10. The van der Waals surface area contributed by atoms with Crippen LogP contribution in [0.3, 0.4) is 0 Å². The summed E-state index contributed by atoms with van der Waals surface area (Å²) in [5, 5.41) is 9.07. The summed E-state index contributed by atoms with van der Waals surface area (Å²) >= 11 is 0. The first-order chi connectivity index (χ1) is 9.28. The maximum absolute atomic E-state index is 9.07. The topological polar surface area (TPSA) is 38.0 Å². The minimum atomic E-state index is 0.111. The number of aryl methyl sites for hydroxylation is 2. The van der Waals surface area contributed by atoms with Gasteiger partial charge in [-0.05, 0) is 43.7 Å². The Labute approximate surface area is 113 Å². The molecule has 2 aromatic rings. The fourth-order valence-electron chi connectivity index (χ4n) is 2.88. The van der Waals surface area contributed by atoms with Crippen LogP contribution in [0.2, 0.25) is 0 Å². The molecule has 100 valence electrons. The Morgan fingerprint density at radius 3 is 2.53 bits per heavy atom. The van der Waals surface area contributed by atoms with Gasteiger partial charge in [0.2, 0.25) is 0 Å². The predicted octanol–water partition coefficient (Wildman–Crippen LogP) is 2.61. The van der Waals surface area contributed by atoms with Crippen molar-refractivity contribution in [3.63, 3.8) is 0 Å². The number of aromatic nitrogens is 2. The molecule has 1 aromatic carbocycles. The lowest BCUT2D eigenvalue weighted by Gasteiger charge is -2.15. The molecule has 3 heteroatoms. The highest BCUT2D eigenvalue weighted by Crippen LogP contribution is 2.23. The lowest BCUT2D eigenvalue weighted by Crippen LogP contribution is -2.10. The Morgan fingerprint density at radius 2 is 1.79 bits per heavy atom. The van der Waals surface area contributed by atoms with Gasteiger partial charge in [-0.1, -0.05) is 24.3 Å². The first kappa shape index (κ1) is 12.4. The number of hydrogen-bond donors (Lipinski definition) is 1. The SMILES string of the molecule is Cc1nc2c(n1Cc1ccc(CO)cc1)CCCC2. The zero-order valence-corrected chi connectivity index (χ0v) is 11.4. The molecule has 1 aliphatic rings. The van der Waals surface area contributed by atoms with E-state index in [1.54, 1.807) is 0 Å². The van der Waals surface area contributed by atoms with E-state index in [0.29, 0.717) is 0 Å². The van der Waals surface area contributed by atoms with Gasteiger partial charge in [0.25, 0.3) is 0 Å². The Morgan fingerprint density at radius 1 is 1.11 bits per heavy atom. The summed E-state index contributed by atoms with van der Waals surface area (Å²) in [7, 11) is 0. The van der Waals surface area contributed by atoms with Gasteiger partial charge in [0, 0.05) is 12.2 Å². The second kappa shape index (κ2) is 5.17. The van der Waals surface area contributed by atoms with E-state index >= 15 is 0 Å². The van der Waals surface area contributed by atoms with Crippen LogP contribution in [-0.2, 0) is 26.0 Å². The summed E-state index contributed by atoms with van der Waals surface area (Å²) in [6.07, 6.45) is 4.84. The molecule has 3 nitrogen and oxygen atoms in total. The minimum absolute atomic E-state index is 0.111. The van der Waals surface area contributed by atoms with E-state index in [1.807, 2.05) is 12.1 Å². The molecular formula is C16H20N2O. The van der Waals surface area contributed by atoms with Crippen LogP contribution in [0.5, 0.6) is 0 Å². The molecule has 0 radical (unpaired) electrons. The molecule has 1 heterocycles. The van der Waals surface area contributed by atoms with Gasteiger partial charge in [0.15, 0.2) is 0 Å². The van der Waals surface area contributed by atoms with Crippen molar-refractivity contribution in [2.45, 2.75) is 45.8 Å². The normalized spacial score (nSPS) is 14.4. The average Bonchev–Trinajstić information content (AvgIpc) is 2.76. The molecule has 0 saturated heterocycles. The van der Waals surface area contributed by atoms with Crippen LogP contribution in [0.15, 0.2) is 24.3 Å². The largest absolute Gasteiger partial charge is 0.392 e. The van der Waals surface area contributed by atoms with Crippen LogP contribution in [0.4, 0.5) is 0 Å². The van der Waals surface area contributed by atoms with E-state index in [4.69, 9.17) is 10.1 Å². The number of fused-ring (bicyclic) bond motifs is 1. The third-order valence-electron chi connectivity index (χ3n) is 3.97. The highest BCUT2D eigenvalue weighted by atomic mass is 16.3. The minimum Gasteiger partial charge on any atom is -0.392 e. The fraction of sp³-hybridized carbons (Fsp3) is 0.438. The molecule has 0 atom stereocenters. The Kier molecular flexibility index (Phi) is 3.38. The van der Waals surface area contributed by atoms with Crippen LogP contribution in [0, 0.1) is 6.92 Å². The molecule has 19 heavy (non-hydrogen) atoms. The summed E-state index contributed by atoms with van der Waals surface area (Å²) in [4.78, 5) is 4.70. The number of rotatable bonds is 3. The molecular weight excluding hydrogens is 236 g/mol. The first-order valence-corrected chi connectivity index (χ1v) is 7.01. The molecule has 0 unspecified atom stereocenters. The third-order valence-corrected chi connectivity index (χ3v) is 3.97. The second-order valence-electron chi connectivity index (χ2n) is 5.32. The van der Waals surface area contributed by atoms with E-state index < -0.39 is 0 Å². The van der Waals surface area contributed by atoms with Gasteiger partial charge in [-0.15, -0.1) is 0 Å². The summed E-state index contributed by atoms with van der Waals surface area (Å²) in [5.41, 5.74) is 4.96. The van der Waals surface area contributed by atoms with Gasteiger partial charge in [0.05, 0.1) is 12.3 Å². The molecule has 0 spiro atoms. The van der Waals surface area contributed by atoms with Crippen molar-refractivity contribution in [3.8, 4) is 0 Å². The third kappa shape index (κ3) is 2.43. The van der Waals surface area contributed by atoms with E-state index in [2.05, 4.69) is 23.6 Å². The number of benzene rings is 1. The Hall–Kier alpha value is -1.61. The number of hydrogen-bond acceptors (Lipinski definition) is 2. The quantitative estimate of drug-likeness (QED) is 0.916. The number of aliphatic hydroxyl groups is 1. The van der Waals surface area contributed by atoms with E-state index in [1.165, 1.54) is 29.8 Å². The molecule has 0 bridgehead atoms. The number of aliphatic hydroxyl groups excluding tert-OH is 1. The average molecular weight is 256 g/mol. The van der Waals surface area contributed by atoms with Crippen molar-refractivity contribution in [1.82, 2.24) is 9.55 Å². The summed E-state index contributed by atoms with van der Waals surface area (Å²) in [5.74, 6) is 1.12. The van der Waals surface area contributed by atoms with Crippen LogP contribution in [0.25, 0.3) is 0 Å². The van der Waals surface area contributed by atoms with Crippen molar-refractivity contribution in [1.29, 1.82) is 0 Å². The molecule has 1 N–H and O–H groups in total. The molecule has 0 aliphatic heterocycles.